The van der Waals surface area contributed by atoms with Gasteiger partial charge in [0, 0.05) is 53.7 Å². The van der Waals surface area contributed by atoms with Gasteiger partial charge in [-0.2, -0.15) is 0 Å². The molecule has 0 radical (unpaired) electrons. The van der Waals surface area contributed by atoms with Crippen molar-refractivity contribution in [3.63, 3.8) is 0 Å². The molecule has 0 bridgehead atoms. The molecule has 1 saturated carbocycles. The number of aryl methyl sites for hydroxylation is 1. The van der Waals surface area contributed by atoms with Gasteiger partial charge in [-0.1, -0.05) is 31.5 Å². The minimum absolute atomic E-state index is 0.155. The molecule has 2 aliphatic heterocycles. The fourth-order valence-corrected chi connectivity index (χ4v) is 10.4. The van der Waals surface area contributed by atoms with E-state index >= 15 is 0 Å². The van der Waals surface area contributed by atoms with Gasteiger partial charge in [0.1, 0.15) is 17.5 Å². The Kier molecular flexibility index (Phi) is 10.3. The van der Waals surface area contributed by atoms with Crippen molar-refractivity contribution in [2.75, 3.05) is 44.8 Å². The first-order chi connectivity index (χ1) is 25.6. The number of fused-ring (bicyclic) bond motifs is 4. The number of nitrogens with one attached hydrogen (secondary N) is 1. The first-order valence-corrected chi connectivity index (χ1v) is 20.2. The molecule has 1 spiro atoms. The van der Waals surface area contributed by atoms with E-state index < -0.39 is 17.7 Å². The highest BCUT2D eigenvalue weighted by atomic mass is 35.5. The number of nitrogens with zero attached hydrogens (tertiary/aromatic N) is 2. The van der Waals surface area contributed by atoms with E-state index in [1.54, 1.807) is 12.1 Å². The Balaban J connectivity index is 1.04. The summed E-state index contributed by atoms with van der Waals surface area (Å²) in [5, 5.41) is 14.7. The molecule has 2 fully saturated rings. The van der Waals surface area contributed by atoms with Crippen LogP contribution in [0.4, 0.5) is 10.1 Å². The van der Waals surface area contributed by atoms with E-state index in [1.807, 2.05) is 24.4 Å². The van der Waals surface area contributed by atoms with Crippen molar-refractivity contribution < 1.29 is 28.5 Å². The second-order valence-corrected chi connectivity index (χ2v) is 17.2. The third-order valence-electron chi connectivity index (χ3n) is 13.0. The van der Waals surface area contributed by atoms with Gasteiger partial charge in [-0.05, 0) is 135 Å². The number of hydrogen-bond donors (Lipinski definition) is 2. The van der Waals surface area contributed by atoms with E-state index in [4.69, 9.17) is 25.8 Å². The average Bonchev–Trinajstić information content (AvgIpc) is 3.60. The monoisotopic (exact) mass is 745 g/mol. The van der Waals surface area contributed by atoms with Crippen LogP contribution in [0.1, 0.15) is 93.5 Å². The lowest BCUT2D eigenvalue weighted by molar-refractivity contribution is -0.144. The van der Waals surface area contributed by atoms with Crippen LogP contribution in [0.2, 0.25) is 5.02 Å². The molecule has 284 valence electrons. The maximum Gasteiger partial charge on any atom is 0.329 e. The fourth-order valence-electron chi connectivity index (χ4n) is 10.2. The number of pyridine rings is 1. The number of carboxylic acid groups (broad SMARTS) is 1. The van der Waals surface area contributed by atoms with Crippen molar-refractivity contribution in [2.45, 2.75) is 101 Å². The maximum absolute atomic E-state index is 13.9. The number of ether oxygens (including phenoxy) is 3. The number of alkyl halides is 1. The van der Waals surface area contributed by atoms with Gasteiger partial charge < -0.3 is 24.6 Å². The highest BCUT2D eigenvalue weighted by molar-refractivity contribution is 6.30. The van der Waals surface area contributed by atoms with E-state index in [0.717, 1.165) is 74.6 Å². The largest absolute Gasteiger partial charge is 0.493 e. The third-order valence-corrected chi connectivity index (χ3v) is 13.3. The van der Waals surface area contributed by atoms with Crippen LogP contribution in [0.15, 0.2) is 48.7 Å². The molecule has 3 heterocycles. The lowest BCUT2D eigenvalue weighted by Gasteiger charge is -2.47. The summed E-state index contributed by atoms with van der Waals surface area (Å²) in [6, 6.07) is 13.8. The summed E-state index contributed by atoms with van der Waals surface area (Å²) in [6.07, 6.45) is 9.36. The van der Waals surface area contributed by atoms with Crippen molar-refractivity contribution in [1.82, 2.24) is 9.88 Å². The van der Waals surface area contributed by atoms with Crippen LogP contribution in [-0.2, 0) is 23.1 Å². The molecule has 8 nitrogen and oxygen atoms in total. The molecule has 8 rings (SSSR count). The molecule has 5 aliphatic rings. The number of aliphatic carboxylic acids is 1. The maximum atomic E-state index is 13.9. The SMILES string of the molecule is C[C@@H](COc1ccnc2c1[C@H](C)CCC2)C[C@H]1Cc2cc3c(cc2C12CCC(Nc1cccc(Cl)c1)(C(=O)O)CC2)OCC(CN1CC[C@H](F)C1)CO3. The van der Waals surface area contributed by atoms with Gasteiger partial charge in [-0.3, -0.25) is 9.88 Å². The summed E-state index contributed by atoms with van der Waals surface area (Å²) in [5.41, 5.74) is 4.41. The molecular weight excluding hydrogens is 693 g/mol. The van der Waals surface area contributed by atoms with Crippen LogP contribution in [-0.4, -0.2) is 72.1 Å². The summed E-state index contributed by atoms with van der Waals surface area (Å²) in [6.45, 7) is 8.26. The van der Waals surface area contributed by atoms with E-state index in [-0.39, 0.29) is 17.3 Å². The Hall–Kier alpha value is -3.56. The van der Waals surface area contributed by atoms with Crippen LogP contribution in [0.5, 0.6) is 17.2 Å². The van der Waals surface area contributed by atoms with Crippen LogP contribution >= 0.6 is 11.6 Å². The van der Waals surface area contributed by atoms with Gasteiger partial charge in [0.15, 0.2) is 11.5 Å². The van der Waals surface area contributed by atoms with Crippen molar-refractivity contribution in [1.29, 1.82) is 0 Å². The quantitative estimate of drug-likeness (QED) is 0.213. The molecule has 2 aromatic carbocycles. The number of likely N-dealkylation sites (tertiary alicyclic amines) is 1. The van der Waals surface area contributed by atoms with Gasteiger partial charge in [0.2, 0.25) is 0 Å². The average molecular weight is 746 g/mol. The van der Waals surface area contributed by atoms with E-state index in [2.05, 4.69) is 41.2 Å². The number of anilines is 1. The normalized spacial score (nSPS) is 30.0. The first-order valence-electron chi connectivity index (χ1n) is 19.8. The number of carbonyl (C=O) groups is 1. The van der Waals surface area contributed by atoms with E-state index in [9.17, 15) is 14.3 Å². The molecule has 0 amide bonds. The molecule has 1 saturated heterocycles. The van der Waals surface area contributed by atoms with Gasteiger partial charge >= 0.3 is 5.97 Å². The van der Waals surface area contributed by atoms with E-state index in [1.165, 1.54) is 28.8 Å². The number of aromatic nitrogens is 1. The molecule has 3 aliphatic carbocycles. The highest BCUT2D eigenvalue weighted by Crippen LogP contribution is 2.58. The van der Waals surface area contributed by atoms with Crippen molar-refractivity contribution in [3.8, 4) is 17.2 Å². The lowest BCUT2D eigenvalue weighted by Crippen LogP contribution is -2.53. The van der Waals surface area contributed by atoms with Gasteiger partial charge in [0.05, 0.1) is 19.8 Å². The smallest absolute Gasteiger partial charge is 0.329 e. The van der Waals surface area contributed by atoms with Gasteiger partial charge in [-0.15, -0.1) is 0 Å². The zero-order valence-electron chi connectivity index (χ0n) is 31.0. The lowest BCUT2D eigenvalue weighted by atomic mass is 9.59. The minimum Gasteiger partial charge on any atom is -0.493 e. The van der Waals surface area contributed by atoms with Crippen LogP contribution in [0.3, 0.4) is 0 Å². The number of rotatable bonds is 10. The molecule has 2 N–H and O–H groups in total. The molecule has 5 atom stereocenters. The second kappa shape index (κ2) is 14.9. The summed E-state index contributed by atoms with van der Waals surface area (Å²) < 4.78 is 33.4. The Labute approximate surface area is 317 Å². The van der Waals surface area contributed by atoms with Crippen molar-refractivity contribution in [2.24, 2.45) is 17.8 Å². The number of halogens is 2. The van der Waals surface area contributed by atoms with Gasteiger partial charge in [0.25, 0.3) is 0 Å². The molecule has 1 aromatic heterocycles. The van der Waals surface area contributed by atoms with Crippen molar-refractivity contribution in [3.05, 3.63) is 76.1 Å². The summed E-state index contributed by atoms with van der Waals surface area (Å²) in [5.74, 6) is 2.87. The standard InChI is InChI=1S/C43H53ClFN3O5/c1-27(24-51-37-9-15-46-36-8-3-5-28(2)40(36)37)17-31-18-30-19-38-39(53-26-29(25-52-38)22-48-16-10-33(45)23-48)21-35(30)42(31)11-13-43(14-12-42,41(49)50)47-34-7-4-6-32(44)20-34/h4,6-7,9,15,19-21,27-29,31,33,47H,3,5,8,10-14,16-18,22-26H2,1-2H3,(H,49,50)/t27-,28-,29?,31+,33+,42?,43?/m1/s1. The Morgan fingerprint density at radius 1 is 1.13 bits per heavy atom. The second-order valence-electron chi connectivity index (χ2n) is 16.8. The Morgan fingerprint density at radius 2 is 1.92 bits per heavy atom. The zero-order chi connectivity index (χ0) is 36.7. The van der Waals surface area contributed by atoms with Crippen LogP contribution in [0, 0.1) is 17.8 Å². The Morgan fingerprint density at radius 3 is 2.66 bits per heavy atom. The predicted octanol–water partition coefficient (Wildman–Crippen LogP) is 8.63. The summed E-state index contributed by atoms with van der Waals surface area (Å²) in [7, 11) is 0. The highest BCUT2D eigenvalue weighted by Gasteiger charge is 2.54. The number of hydrogen-bond acceptors (Lipinski definition) is 7. The minimum atomic E-state index is -1.10. The fraction of sp³-hybridized carbons (Fsp3) is 0.581. The molecule has 1 unspecified atom stereocenters. The first kappa shape index (κ1) is 36.4. The van der Waals surface area contributed by atoms with Gasteiger partial charge in [-0.25, -0.2) is 9.18 Å². The molecule has 3 aromatic rings. The topological polar surface area (TPSA) is 93.2 Å². The predicted molar refractivity (Wildman–Crippen MR) is 205 cm³/mol. The van der Waals surface area contributed by atoms with Crippen molar-refractivity contribution >= 4 is 23.3 Å². The van der Waals surface area contributed by atoms with E-state index in [0.29, 0.717) is 62.5 Å². The number of benzene rings is 2. The molecular formula is C43H53ClFN3O5. The summed E-state index contributed by atoms with van der Waals surface area (Å²) in [4.78, 5) is 19.9. The zero-order valence-corrected chi connectivity index (χ0v) is 31.8. The summed E-state index contributed by atoms with van der Waals surface area (Å²) >= 11 is 6.30. The third kappa shape index (κ3) is 7.32. The van der Waals surface area contributed by atoms with Crippen LogP contribution < -0.4 is 19.5 Å². The molecule has 10 heteroatoms. The van der Waals surface area contributed by atoms with Crippen LogP contribution in [0.25, 0.3) is 0 Å². The Bertz CT molecular complexity index is 1810. The number of carboxylic acids is 1. The molecule has 53 heavy (non-hydrogen) atoms.